The van der Waals surface area contributed by atoms with Crippen LogP contribution in [0.3, 0.4) is 0 Å². The maximum absolute atomic E-state index is 12.3. The molecule has 0 unspecified atom stereocenters. The Bertz CT molecular complexity index is 594. The van der Waals surface area contributed by atoms with E-state index in [1.54, 1.807) is 18.2 Å². The zero-order valence-corrected chi connectivity index (χ0v) is 12.4. The fraction of sp³-hybridized carbons (Fsp3) is 0.429. The van der Waals surface area contributed by atoms with Crippen molar-refractivity contribution in [2.75, 3.05) is 19.6 Å². The van der Waals surface area contributed by atoms with Crippen molar-refractivity contribution in [2.45, 2.75) is 25.7 Å². The molecule has 0 saturated heterocycles. The summed E-state index contributed by atoms with van der Waals surface area (Å²) in [6.45, 7) is 6.73. The minimum Gasteiger partial charge on any atom is -0.320 e. The number of hydrogen-bond acceptors (Lipinski definition) is 3. The molecular weight excluding hydrogens is 260 g/mol. The van der Waals surface area contributed by atoms with Crippen LogP contribution in [0.15, 0.2) is 23.1 Å². The van der Waals surface area contributed by atoms with Gasteiger partial charge in [0.25, 0.3) is 0 Å². The van der Waals surface area contributed by atoms with Crippen molar-refractivity contribution in [1.82, 2.24) is 4.31 Å². The lowest BCUT2D eigenvalue weighted by Gasteiger charge is -2.18. The lowest BCUT2D eigenvalue weighted by atomic mass is 10.1. The Morgan fingerprint density at radius 1 is 1.26 bits per heavy atom. The molecule has 0 heterocycles. The van der Waals surface area contributed by atoms with Crippen LogP contribution in [0.2, 0.25) is 0 Å². The van der Waals surface area contributed by atoms with Crippen LogP contribution >= 0.6 is 0 Å². The maximum atomic E-state index is 12.3. The van der Waals surface area contributed by atoms with Crippen LogP contribution < -0.4 is 5.73 Å². The molecule has 0 aliphatic carbocycles. The van der Waals surface area contributed by atoms with Gasteiger partial charge in [-0.05, 0) is 30.7 Å². The lowest BCUT2D eigenvalue weighted by molar-refractivity contribution is 0.445. The fourth-order valence-corrected chi connectivity index (χ4v) is 3.34. The van der Waals surface area contributed by atoms with E-state index in [0.29, 0.717) is 24.5 Å². The molecule has 0 fully saturated rings. The van der Waals surface area contributed by atoms with E-state index in [9.17, 15) is 8.42 Å². The highest BCUT2D eigenvalue weighted by atomic mass is 32.2. The number of nitrogens with two attached hydrogens (primary N) is 1. The highest BCUT2D eigenvalue weighted by Gasteiger charge is 2.21. The molecule has 0 atom stereocenters. The Morgan fingerprint density at radius 3 is 2.37 bits per heavy atom. The second-order valence-corrected chi connectivity index (χ2v) is 6.01. The first-order valence-corrected chi connectivity index (χ1v) is 7.71. The number of nitrogens with zero attached hydrogens (tertiary/aromatic N) is 1. The predicted octanol–water partition coefficient (Wildman–Crippen LogP) is 1.34. The second-order valence-electron chi connectivity index (χ2n) is 4.07. The summed E-state index contributed by atoms with van der Waals surface area (Å²) in [4.78, 5) is 0.312. The van der Waals surface area contributed by atoms with Gasteiger partial charge in [-0.25, -0.2) is 8.42 Å². The van der Waals surface area contributed by atoms with Crippen molar-refractivity contribution in [1.29, 1.82) is 0 Å². The minimum atomic E-state index is -3.40. The quantitative estimate of drug-likeness (QED) is 0.846. The number of rotatable bonds is 4. The Morgan fingerprint density at radius 2 is 1.89 bits per heavy atom. The summed E-state index contributed by atoms with van der Waals surface area (Å²) in [5.41, 5.74) is 6.98. The molecule has 0 radical (unpaired) electrons. The zero-order valence-electron chi connectivity index (χ0n) is 11.6. The highest BCUT2D eigenvalue weighted by molar-refractivity contribution is 7.89. The summed E-state index contributed by atoms with van der Waals surface area (Å²) in [7, 11) is -3.40. The zero-order chi connectivity index (χ0) is 14.5. The predicted molar refractivity (Wildman–Crippen MR) is 77.2 cm³/mol. The van der Waals surface area contributed by atoms with Crippen LogP contribution in [0.4, 0.5) is 0 Å². The van der Waals surface area contributed by atoms with E-state index in [0.717, 1.165) is 11.1 Å². The van der Waals surface area contributed by atoms with Crippen molar-refractivity contribution in [3.63, 3.8) is 0 Å². The van der Waals surface area contributed by atoms with Crippen LogP contribution in [0.1, 0.15) is 25.0 Å². The summed E-state index contributed by atoms with van der Waals surface area (Å²) < 4.78 is 26.1. The average molecular weight is 280 g/mol. The fourth-order valence-electron chi connectivity index (χ4n) is 1.80. The van der Waals surface area contributed by atoms with Crippen LogP contribution in [-0.2, 0) is 10.0 Å². The molecule has 4 nitrogen and oxygen atoms in total. The van der Waals surface area contributed by atoms with E-state index in [1.807, 2.05) is 20.8 Å². The summed E-state index contributed by atoms with van der Waals surface area (Å²) in [5, 5.41) is 0. The van der Waals surface area contributed by atoms with Crippen molar-refractivity contribution in [3.8, 4) is 11.8 Å². The Hall–Kier alpha value is -1.35. The van der Waals surface area contributed by atoms with Gasteiger partial charge in [0.2, 0.25) is 10.0 Å². The molecule has 2 N–H and O–H groups in total. The van der Waals surface area contributed by atoms with Crippen LogP contribution in [0, 0.1) is 18.8 Å². The molecule has 1 aromatic carbocycles. The van der Waals surface area contributed by atoms with E-state index >= 15 is 0 Å². The molecule has 0 aliphatic rings. The minimum absolute atomic E-state index is 0.291. The van der Waals surface area contributed by atoms with Gasteiger partial charge in [0.15, 0.2) is 0 Å². The third-order valence-corrected chi connectivity index (χ3v) is 4.91. The molecule has 1 rings (SSSR count). The maximum Gasteiger partial charge on any atom is 0.243 e. The monoisotopic (exact) mass is 280 g/mol. The molecule has 0 aromatic heterocycles. The average Bonchev–Trinajstić information content (AvgIpc) is 2.38. The van der Waals surface area contributed by atoms with E-state index in [4.69, 9.17) is 5.73 Å². The van der Waals surface area contributed by atoms with Gasteiger partial charge in [0.05, 0.1) is 11.4 Å². The van der Waals surface area contributed by atoms with Crippen LogP contribution in [0.25, 0.3) is 0 Å². The van der Waals surface area contributed by atoms with E-state index in [-0.39, 0.29) is 0 Å². The van der Waals surface area contributed by atoms with E-state index in [1.165, 1.54) is 4.31 Å². The molecule has 0 spiro atoms. The molecule has 0 aliphatic heterocycles. The lowest BCUT2D eigenvalue weighted by Crippen LogP contribution is -2.30. The Balaban J connectivity index is 3.21. The van der Waals surface area contributed by atoms with Crippen molar-refractivity contribution in [2.24, 2.45) is 5.73 Å². The number of aryl methyl sites for hydroxylation is 1. The molecule has 0 bridgehead atoms. The SMILES string of the molecule is CCN(CC)S(=O)(=O)c1ccc(C#CCN)c(C)c1. The summed E-state index contributed by atoms with van der Waals surface area (Å²) in [5.74, 6) is 5.69. The van der Waals surface area contributed by atoms with Gasteiger partial charge in [-0.3, -0.25) is 0 Å². The molecule has 104 valence electrons. The van der Waals surface area contributed by atoms with Gasteiger partial charge in [0.1, 0.15) is 0 Å². The molecule has 5 heteroatoms. The first kappa shape index (κ1) is 15.7. The van der Waals surface area contributed by atoms with Crippen molar-refractivity contribution in [3.05, 3.63) is 29.3 Å². The van der Waals surface area contributed by atoms with Crippen molar-refractivity contribution < 1.29 is 8.42 Å². The van der Waals surface area contributed by atoms with Gasteiger partial charge in [-0.2, -0.15) is 4.31 Å². The molecular formula is C14H20N2O2S. The Labute approximate surface area is 115 Å². The smallest absolute Gasteiger partial charge is 0.243 e. The highest BCUT2D eigenvalue weighted by Crippen LogP contribution is 2.18. The van der Waals surface area contributed by atoms with Gasteiger partial charge >= 0.3 is 0 Å². The number of sulfonamides is 1. The van der Waals surface area contributed by atoms with Gasteiger partial charge in [0, 0.05) is 18.7 Å². The third kappa shape index (κ3) is 3.57. The molecule has 19 heavy (non-hydrogen) atoms. The van der Waals surface area contributed by atoms with Gasteiger partial charge < -0.3 is 5.73 Å². The first-order valence-electron chi connectivity index (χ1n) is 6.27. The number of benzene rings is 1. The van der Waals surface area contributed by atoms with Gasteiger partial charge in [-0.1, -0.05) is 25.7 Å². The van der Waals surface area contributed by atoms with Crippen LogP contribution in [-0.4, -0.2) is 32.4 Å². The molecule has 1 aromatic rings. The summed E-state index contributed by atoms with van der Waals surface area (Å²) >= 11 is 0. The van der Waals surface area contributed by atoms with Crippen LogP contribution in [0.5, 0.6) is 0 Å². The van der Waals surface area contributed by atoms with Gasteiger partial charge in [-0.15, -0.1) is 0 Å². The Kier molecular flexibility index (Phi) is 5.55. The second kappa shape index (κ2) is 6.71. The molecule has 0 amide bonds. The van der Waals surface area contributed by atoms with Crippen molar-refractivity contribution >= 4 is 10.0 Å². The first-order chi connectivity index (χ1) is 8.97. The third-order valence-electron chi connectivity index (χ3n) is 2.87. The van der Waals surface area contributed by atoms with E-state index in [2.05, 4.69) is 11.8 Å². The van der Waals surface area contributed by atoms with E-state index < -0.39 is 10.0 Å². The summed E-state index contributed by atoms with van der Waals surface area (Å²) in [6, 6.07) is 4.99. The molecule has 0 saturated carbocycles. The standard InChI is InChI=1S/C14H20N2O2S/c1-4-16(5-2)19(17,18)14-9-8-13(7-6-10-15)12(3)11-14/h8-9,11H,4-5,10,15H2,1-3H3. The normalized spacial score (nSPS) is 11.2. The largest absolute Gasteiger partial charge is 0.320 e. The number of hydrogen-bond donors (Lipinski definition) is 1. The summed E-state index contributed by atoms with van der Waals surface area (Å²) in [6.07, 6.45) is 0. The topological polar surface area (TPSA) is 63.4 Å².